The van der Waals surface area contributed by atoms with E-state index in [-0.39, 0.29) is 11.6 Å². The molecule has 0 aliphatic carbocycles. The van der Waals surface area contributed by atoms with Gasteiger partial charge in [0.15, 0.2) is 0 Å². The van der Waals surface area contributed by atoms with Crippen molar-refractivity contribution in [2.24, 2.45) is 0 Å². The van der Waals surface area contributed by atoms with Gasteiger partial charge in [-0.25, -0.2) is 0 Å². The highest BCUT2D eigenvalue weighted by Crippen LogP contribution is 2.32. The second-order valence-corrected chi connectivity index (χ2v) is 6.86. The number of nitro groups is 2. The Kier molecular flexibility index (Phi) is 3.98. The van der Waals surface area contributed by atoms with Crippen molar-refractivity contribution in [3.8, 4) is 0 Å². The van der Waals surface area contributed by atoms with Crippen molar-refractivity contribution in [3.63, 3.8) is 0 Å². The van der Waals surface area contributed by atoms with Gasteiger partial charge >= 0.3 is 11.6 Å². The minimum absolute atomic E-state index is 0.0854. The zero-order valence-electron chi connectivity index (χ0n) is 15.7. The number of hydrogen-bond acceptors (Lipinski definition) is 8. The topological polar surface area (TPSA) is 127 Å². The molecule has 152 valence electrons. The van der Waals surface area contributed by atoms with Gasteiger partial charge in [-0.15, -0.1) is 0 Å². The van der Waals surface area contributed by atoms with E-state index in [2.05, 4.69) is 9.97 Å². The van der Waals surface area contributed by atoms with Crippen LogP contribution in [0.25, 0.3) is 11.3 Å². The van der Waals surface area contributed by atoms with Crippen molar-refractivity contribution in [2.75, 3.05) is 36.0 Å². The molecule has 0 spiro atoms. The van der Waals surface area contributed by atoms with Crippen LogP contribution in [0.1, 0.15) is 0 Å². The van der Waals surface area contributed by atoms with Crippen LogP contribution >= 0.6 is 0 Å². The van der Waals surface area contributed by atoms with Crippen LogP contribution in [0.15, 0.2) is 48.8 Å². The molecule has 0 radical (unpaired) electrons. The molecule has 1 fully saturated rings. The molecule has 5 heterocycles. The number of piperazine rings is 1. The molecule has 4 aromatic rings. The van der Waals surface area contributed by atoms with E-state index in [1.165, 1.54) is 8.80 Å². The molecule has 0 amide bonds. The largest absolute Gasteiger partial charge is 0.372 e. The van der Waals surface area contributed by atoms with Gasteiger partial charge < -0.3 is 30.0 Å². The number of pyridine rings is 2. The number of aromatic nitrogens is 4. The van der Waals surface area contributed by atoms with Gasteiger partial charge in [-0.05, 0) is 22.0 Å². The third kappa shape index (κ3) is 2.69. The first-order chi connectivity index (χ1) is 14.5. The second kappa shape index (κ2) is 6.69. The Balaban J connectivity index is 1.46. The summed E-state index contributed by atoms with van der Waals surface area (Å²) in [6.07, 6.45) is 3.22. The maximum absolute atomic E-state index is 11.7. The van der Waals surface area contributed by atoms with E-state index in [1.54, 1.807) is 48.8 Å². The highest BCUT2D eigenvalue weighted by molar-refractivity contribution is 5.66. The molecular formula is C18H16N8O4. The first-order valence-electron chi connectivity index (χ1n) is 9.27. The fourth-order valence-electron chi connectivity index (χ4n) is 3.83. The molecule has 0 unspecified atom stereocenters. The highest BCUT2D eigenvalue weighted by Gasteiger charge is 2.33. The van der Waals surface area contributed by atoms with Crippen LogP contribution in [0.3, 0.4) is 0 Å². The van der Waals surface area contributed by atoms with Crippen molar-refractivity contribution in [1.82, 2.24) is 18.8 Å². The number of hydrogen-bond donors (Lipinski definition) is 0. The molecule has 1 aliphatic heterocycles. The van der Waals surface area contributed by atoms with Gasteiger partial charge in [0.2, 0.25) is 22.9 Å². The van der Waals surface area contributed by atoms with Gasteiger partial charge in [-0.3, -0.25) is 0 Å². The summed E-state index contributed by atoms with van der Waals surface area (Å²) in [5, 5.41) is 23.3. The summed E-state index contributed by atoms with van der Waals surface area (Å²) in [6.45, 7) is 1.71. The van der Waals surface area contributed by atoms with Crippen LogP contribution in [-0.2, 0) is 0 Å². The molecule has 12 nitrogen and oxygen atoms in total. The molecule has 30 heavy (non-hydrogen) atoms. The molecule has 1 aliphatic rings. The van der Waals surface area contributed by atoms with Crippen LogP contribution < -0.4 is 9.80 Å². The summed E-state index contributed by atoms with van der Waals surface area (Å²) < 4.78 is 2.91. The van der Waals surface area contributed by atoms with Crippen molar-refractivity contribution in [2.45, 2.75) is 0 Å². The van der Waals surface area contributed by atoms with Crippen LogP contribution in [0.2, 0.25) is 0 Å². The maximum atomic E-state index is 11.7. The molecule has 0 bridgehead atoms. The Labute approximate surface area is 168 Å². The molecule has 0 atom stereocenters. The number of rotatable bonds is 4. The van der Waals surface area contributed by atoms with Gasteiger partial charge in [-0.2, -0.15) is 18.8 Å². The maximum Gasteiger partial charge on any atom is 0.372 e. The fraction of sp³-hybridized carbons (Fsp3) is 0.222. The predicted molar refractivity (Wildman–Crippen MR) is 108 cm³/mol. The second-order valence-electron chi connectivity index (χ2n) is 6.86. The SMILES string of the molecule is O=[N+]([O-])c1c(N2CCN(c3nc4ccccn4c3[N+](=O)[O-])CC2)nc2ccccn12. The van der Waals surface area contributed by atoms with E-state index >= 15 is 0 Å². The van der Waals surface area contributed by atoms with Gasteiger partial charge in [0.1, 0.15) is 0 Å². The van der Waals surface area contributed by atoms with Crippen molar-refractivity contribution in [3.05, 3.63) is 69.0 Å². The number of nitrogens with zero attached hydrogens (tertiary/aromatic N) is 8. The van der Waals surface area contributed by atoms with Crippen molar-refractivity contribution < 1.29 is 9.85 Å². The summed E-state index contributed by atoms with van der Waals surface area (Å²) in [4.78, 5) is 35.0. The Morgan fingerprint density at radius 1 is 0.700 bits per heavy atom. The van der Waals surface area contributed by atoms with Crippen LogP contribution in [0, 0.1) is 20.2 Å². The molecule has 12 heteroatoms. The summed E-state index contributed by atoms with van der Waals surface area (Å²) in [6, 6.07) is 10.4. The first-order valence-corrected chi connectivity index (χ1v) is 9.27. The first kappa shape index (κ1) is 17.8. The summed E-state index contributed by atoms with van der Waals surface area (Å²) in [5.74, 6) is 0.432. The summed E-state index contributed by atoms with van der Waals surface area (Å²) >= 11 is 0. The van der Waals surface area contributed by atoms with Crippen LogP contribution in [0.5, 0.6) is 0 Å². The summed E-state index contributed by atoms with van der Waals surface area (Å²) in [7, 11) is 0. The number of fused-ring (bicyclic) bond motifs is 2. The Morgan fingerprint density at radius 3 is 1.47 bits per heavy atom. The quantitative estimate of drug-likeness (QED) is 0.371. The van der Waals surface area contributed by atoms with E-state index in [9.17, 15) is 20.2 Å². The van der Waals surface area contributed by atoms with Gasteiger partial charge in [0.25, 0.3) is 0 Å². The van der Waals surface area contributed by atoms with Crippen molar-refractivity contribution >= 4 is 34.6 Å². The zero-order valence-corrected chi connectivity index (χ0v) is 15.7. The zero-order chi connectivity index (χ0) is 20.8. The number of imidazole rings is 2. The Bertz CT molecular complexity index is 1190. The minimum Gasteiger partial charge on any atom is -0.358 e. The van der Waals surface area contributed by atoms with Gasteiger partial charge in [-0.1, -0.05) is 12.1 Å². The lowest BCUT2D eigenvalue weighted by Crippen LogP contribution is -2.47. The van der Waals surface area contributed by atoms with Crippen molar-refractivity contribution in [1.29, 1.82) is 0 Å². The van der Waals surface area contributed by atoms with E-state index < -0.39 is 9.85 Å². The average molecular weight is 408 g/mol. The third-order valence-corrected chi connectivity index (χ3v) is 5.20. The van der Waals surface area contributed by atoms with Gasteiger partial charge in [0.05, 0.1) is 12.4 Å². The van der Waals surface area contributed by atoms with Crippen LogP contribution in [-0.4, -0.2) is 54.8 Å². The standard InChI is InChI=1S/C18H16N8O4/c27-25(28)17-15(19-13-5-1-3-7-23(13)17)21-9-11-22(12-10-21)16-18(26(29)30)24-8-4-2-6-14(24)20-16/h1-8H,9-12H2. The lowest BCUT2D eigenvalue weighted by atomic mass is 10.3. The monoisotopic (exact) mass is 408 g/mol. The highest BCUT2D eigenvalue weighted by atomic mass is 16.6. The molecule has 0 saturated carbocycles. The molecule has 0 N–H and O–H groups in total. The Hall–Kier alpha value is -4.22. The lowest BCUT2D eigenvalue weighted by Gasteiger charge is -2.34. The third-order valence-electron chi connectivity index (χ3n) is 5.20. The van der Waals surface area contributed by atoms with E-state index in [4.69, 9.17) is 0 Å². The minimum atomic E-state index is -0.436. The molecule has 1 saturated heterocycles. The molecule has 0 aromatic carbocycles. The normalized spacial score (nSPS) is 14.5. The van der Waals surface area contributed by atoms with E-state index in [0.717, 1.165) is 0 Å². The predicted octanol–water partition coefficient (Wildman–Crippen LogP) is 2.12. The number of anilines is 2. The fourth-order valence-corrected chi connectivity index (χ4v) is 3.83. The van der Waals surface area contributed by atoms with E-state index in [1.807, 2.05) is 9.80 Å². The molecule has 4 aromatic heterocycles. The molecular weight excluding hydrogens is 392 g/mol. The summed E-state index contributed by atoms with van der Waals surface area (Å²) in [5.41, 5.74) is 0.996. The van der Waals surface area contributed by atoms with Gasteiger partial charge in [0, 0.05) is 38.3 Å². The lowest BCUT2D eigenvalue weighted by molar-refractivity contribution is -0.389. The van der Waals surface area contributed by atoms with Crippen LogP contribution in [0.4, 0.5) is 23.3 Å². The van der Waals surface area contributed by atoms with E-state index in [0.29, 0.717) is 49.1 Å². The Morgan fingerprint density at radius 2 is 1.10 bits per heavy atom. The smallest absolute Gasteiger partial charge is 0.358 e. The average Bonchev–Trinajstić information content (AvgIpc) is 3.33. The molecule has 5 rings (SSSR count).